The highest BCUT2D eigenvalue weighted by atomic mass is 16.5. The Hall–Kier alpha value is -0.120. The van der Waals surface area contributed by atoms with Crippen molar-refractivity contribution in [3.8, 4) is 0 Å². The van der Waals surface area contributed by atoms with Crippen LogP contribution in [0.15, 0.2) is 0 Å². The summed E-state index contributed by atoms with van der Waals surface area (Å²) >= 11 is 0. The van der Waals surface area contributed by atoms with E-state index in [0.29, 0.717) is 12.1 Å². The first-order chi connectivity index (χ1) is 8.36. The molecule has 0 amide bonds. The van der Waals surface area contributed by atoms with E-state index in [0.717, 1.165) is 19.4 Å². The zero-order valence-electron chi connectivity index (χ0n) is 12.5. The van der Waals surface area contributed by atoms with Crippen LogP contribution < -0.4 is 5.73 Å². The van der Waals surface area contributed by atoms with Crippen molar-refractivity contribution in [2.24, 2.45) is 5.73 Å². The zero-order valence-corrected chi connectivity index (χ0v) is 12.5. The Kier molecular flexibility index (Phi) is 4.05. The van der Waals surface area contributed by atoms with Crippen molar-refractivity contribution in [2.75, 3.05) is 13.1 Å². The van der Waals surface area contributed by atoms with Gasteiger partial charge in [0.1, 0.15) is 0 Å². The molecule has 2 N–H and O–H groups in total. The van der Waals surface area contributed by atoms with Gasteiger partial charge < -0.3 is 10.5 Å². The van der Waals surface area contributed by atoms with Gasteiger partial charge in [0.15, 0.2) is 0 Å². The number of likely N-dealkylation sites (tertiary alicyclic amines) is 1. The minimum atomic E-state index is -0.0340. The van der Waals surface area contributed by atoms with Crippen LogP contribution in [-0.2, 0) is 4.74 Å². The molecular weight excluding hydrogens is 224 g/mol. The average molecular weight is 254 g/mol. The van der Waals surface area contributed by atoms with Gasteiger partial charge in [0.2, 0.25) is 0 Å². The average Bonchev–Trinajstić information content (AvgIpc) is 2.48. The molecule has 2 aliphatic heterocycles. The van der Waals surface area contributed by atoms with E-state index < -0.39 is 0 Å². The topological polar surface area (TPSA) is 38.5 Å². The van der Waals surface area contributed by atoms with Crippen LogP contribution in [0.3, 0.4) is 0 Å². The molecule has 0 aliphatic carbocycles. The molecule has 0 bridgehead atoms. The maximum atomic E-state index is 6.26. The molecule has 3 heteroatoms. The van der Waals surface area contributed by atoms with Gasteiger partial charge in [-0.3, -0.25) is 4.90 Å². The minimum absolute atomic E-state index is 0.0128. The summed E-state index contributed by atoms with van der Waals surface area (Å²) in [5.74, 6) is 0. The van der Waals surface area contributed by atoms with Crippen LogP contribution in [0.25, 0.3) is 0 Å². The molecule has 2 atom stereocenters. The number of nitrogens with two attached hydrogens (primary N) is 1. The van der Waals surface area contributed by atoms with Gasteiger partial charge in [0, 0.05) is 12.1 Å². The monoisotopic (exact) mass is 254 g/mol. The molecule has 106 valence electrons. The van der Waals surface area contributed by atoms with Crippen molar-refractivity contribution >= 4 is 0 Å². The molecule has 0 radical (unpaired) electrons. The largest absolute Gasteiger partial charge is 0.368 e. The molecular formula is C15H30N2O. The van der Waals surface area contributed by atoms with E-state index in [1.165, 1.54) is 25.8 Å². The van der Waals surface area contributed by atoms with Crippen molar-refractivity contribution in [3.63, 3.8) is 0 Å². The maximum absolute atomic E-state index is 6.26. The number of hydrogen-bond donors (Lipinski definition) is 1. The fourth-order valence-electron chi connectivity index (χ4n) is 3.99. The van der Waals surface area contributed by atoms with Gasteiger partial charge in [0.25, 0.3) is 0 Å². The van der Waals surface area contributed by atoms with E-state index >= 15 is 0 Å². The summed E-state index contributed by atoms with van der Waals surface area (Å²) in [5.41, 5.74) is 5.76. The van der Waals surface area contributed by atoms with Gasteiger partial charge in [-0.2, -0.15) is 0 Å². The second-order valence-electron chi connectivity index (χ2n) is 7.15. The first-order valence-electron chi connectivity index (χ1n) is 7.52. The second-order valence-corrected chi connectivity index (χ2v) is 7.15. The van der Waals surface area contributed by atoms with Gasteiger partial charge in [-0.25, -0.2) is 0 Å². The fourth-order valence-corrected chi connectivity index (χ4v) is 3.99. The molecule has 0 aromatic rings. The van der Waals surface area contributed by atoms with E-state index in [4.69, 9.17) is 10.5 Å². The molecule has 2 fully saturated rings. The van der Waals surface area contributed by atoms with Crippen LogP contribution in [0.5, 0.6) is 0 Å². The van der Waals surface area contributed by atoms with E-state index in [1.54, 1.807) is 0 Å². The molecule has 2 aliphatic rings. The highest BCUT2D eigenvalue weighted by Gasteiger charge is 2.49. The standard InChI is InChI=1S/C15H30N2O/c1-14(2)11-13(15(3,4)18-14)17-10-6-5-7-12(17)8-9-16/h12-13H,5-11,16H2,1-4H3. The van der Waals surface area contributed by atoms with Crippen molar-refractivity contribution < 1.29 is 4.74 Å². The van der Waals surface area contributed by atoms with E-state index in [2.05, 4.69) is 32.6 Å². The predicted molar refractivity (Wildman–Crippen MR) is 75.7 cm³/mol. The number of ether oxygens (including phenoxy) is 1. The van der Waals surface area contributed by atoms with Gasteiger partial charge in [-0.1, -0.05) is 6.42 Å². The Morgan fingerprint density at radius 1 is 1.22 bits per heavy atom. The molecule has 0 saturated carbocycles. The van der Waals surface area contributed by atoms with Crippen LogP contribution in [0, 0.1) is 0 Å². The SMILES string of the molecule is CC1(C)CC(N2CCCCC2CCN)C(C)(C)O1. The molecule has 2 rings (SSSR count). The molecule has 18 heavy (non-hydrogen) atoms. The predicted octanol–water partition coefficient (Wildman–Crippen LogP) is 2.54. The van der Waals surface area contributed by atoms with E-state index in [9.17, 15) is 0 Å². The van der Waals surface area contributed by atoms with Crippen LogP contribution in [-0.4, -0.2) is 41.3 Å². The molecule has 0 aromatic carbocycles. The minimum Gasteiger partial charge on any atom is -0.368 e. The highest BCUT2D eigenvalue weighted by Crippen LogP contribution is 2.42. The van der Waals surface area contributed by atoms with E-state index in [1.807, 2.05) is 0 Å². The normalized spacial score (nSPS) is 35.8. The number of rotatable bonds is 3. The van der Waals surface area contributed by atoms with Crippen molar-refractivity contribution in [2.45, 2.75) is 83.1 Å². The number of nitrogens with zero attached hydrogens (tertiary/aromatic N) is 1. The van der Waals surface area contributed by atoms with Crippen molar-refractivity contribution in [1.29, 1.82) is 0 Å². The molecule has 2 unspecified atom stereocenters. The number of hydrogen-bond acceptors (Lipinski definition) is 3. The number of piperidine rings is 1. The smallest absolute Gasteiger partial charge is 0.0789 e. The Morgan fingerprint density at radius 2 is 1.94 bits per heavy atom. The summed E-state index contributed by atoms with van der Waals surface area (Å²) in [4.78, 5) is 2.70. The van der Waals surface area contributed by atoms with Gasteiger partial charge >= 0.3 is 0 Å². The van der Waals surface area contributed by atoms with Crippen LogP contribution in [0.2, 0.25) is 0 Å². The lowest BCUT2D eigenvalue weighted by atomic mass is 9.88. The lowest BCUT2D eigenvalue weighted by molar-refractivity contribution is -0.0868. The molecule has 2 saturated heterocycles. The van der Waals surface area contributed by atoms with Crippen LogP contribution in [0.1, 0.15) is 59.8 Å². The highest BCUT2D eigenvalue weighted by molar-refractivity contribution is 5.02. The molecule has 2 heterocycles. The third kappa shape index (κ3) is 2.89. The van der Waals surface area contributed by atoms with Gasteiger partial charge in [0.05, 0.1) is 11.2 Å². The van der Waals surface area contributed by atoms with Crippen LogP contribution >= 0.6 is 0 Å². The van der Waals surface area contributed by atoms with Gasteiger partial charge in [-0.05, 0) is 66.5 Å². The fraction of sp³-hybridized carbons (Fsp3) is 1.00. The Balaban J connectivity index is 2.13. The van der Waals surface area contributed by atoms with E-state index in [-0.39, 0.29) is 11.2 Å². The zero-order chi connectivity index (χ0) is 13.4. The summed E-state index contributed by atoms with van der Waals surface area (Å²) in [6.07, 6.45) is 6.27. The summed E-state index contributed by atoms with van der Waals surface area (Å²) < 4.78 is 6.26. The van der Waals surface area contributed by atoms with Crippen molar-refractivity contribution in [1.82, 2.24) is 4.90 Å². The third-order valence-corrected chi connectivity index (χ3v) is 4.60. The van der Waals surface area contributed by atoms with Crippen molar-refractivity contribution in [3.05, 3.63) is 0 Å². The summed E-state index contributed by atoms with van der Waals surface area (Å²) in [6.45, 7) is 11.0. The lowest BCUT2D eigenvalue weighted by Crippen LogP contribution is -2.53. The first kappa shape index (κ1) is 14.3. The second kappa shape index (κ2) is 5.10. The molecule has 0 spiro atoms. The first-order valence-corrected chi connectivity index (χ1v) is 7.52. The summed E-state index contributed by atoms with van der Waals surface area (Å²) in [5, 5.41) is 0. The summed E-state index contributed by atoms with van der Waals surface area (Å²) in [6, 6.07) is 1.22. The molecule has 3 nitrogen and oxygen atoms in total. The quantitative estimate of drug-likeness (QED) is 0.841. The third-order valence-electron chi connectivity index (χ3n) is 4.60. The summed E-state index contributed by atoms with van der Waals surface area (Å²) in [7, 11) is 0. The Morgan fingerprint density at radius 3 is 2.50 bits per heavy atom. The van der Waals surface area contributed by atoms with Gasteiger partial charge in [-0.15, -0.1) is 0 Å². The van der Waals surface area contributed by atoms with Crippen LogP contribution in [0.4, 0.5) is 0 Å². The lowest BCUT2D eigenvalue weighted by Gasteiger charge is -2.44. The maximum Gasteiger partial charge on any atom is 0.0789 e. The Bertz CT molecular complexity index is 286. The Labute approximate surface area is 112 Å². The molecule has 0 aromatic heterocycles.